The van der Waals surface area contributed by atoms with E-state index in [1.165, 1.54) is 7.11 Å². The van der Waals surface area contributed by atoms with Crippen LogP contribution in [0, 0.1) is 10.1 Å². The average molecular weight is 253 g/mol. The lowest BCUT2D eigenvalue weighted by atomic mass is 10.1. The van der Waals surface area contributed by atoms with Gasteiger partial charge in [0.2, 0.25) is 0 Å². The average Bonchev–Trinajstić information content (AvgIpc) is 2.37. The second kappa shape index (κ2) is 5.76. The van der Waals surface area contributed by atoms with Crippen LogP contribution in [0.1, 0.15) is 27.6 Å². The van der Waals surface area contributed by atoms with Gasteiger partial charge in [-0.15, -0.1) is 0 Å². The fourth-order valence-electron chi connectivity index (χ4n) is 1.37. The summed E-state index contributed by atoms with van der Waals surface area (Å²) in [4.78, 5) is 32.5. The number of methoxy groups -OCH3 is 1. The largest absolute Gasteiger partial charge is 0.490 e. The second-order valence-corrected chi connectivity index (χ2v) is 3.21. The lowest BCUT2D eigenvalue weighted by Gasteiger charge is -2.07. The van der Waals surface area contributed by atoms with E-state index in [0.29, 0.717) is 6.29 Å². The summed E-state index contributed by atoms with van der Waals surface area (Å²) >= 11 is 0. The number of carbonyl (C=O) groups is 2. The van der Waals surface area contributed by atoms with Crippen LogP contribution >= 0.6 is 0 Å². The Kier molecular flexibility index (Phi) is 4.36. The van der Waals surface area contributed by atoms with E-state index < -0.39 is 10.9 Å². The third-order valence-electron chi connectivity index (χ3n) is 2.17. The van der Waals surface area contributed by atoms with Crippen LogP contribution < -0.4 is 4.74 Å². The molecule has 1 aromatic carbocycles. The predicted molar refractivity (Wildman–Crippen MR) is 61.0 cm³/mol. The topological polar surface area (TPSA) is 95.7 Å². The van der Waals surface area contributed by atoms with Gasteiger partial charge in [-0.1, -0.05) is 0 Å². The number of nitro benzene ring substituents is 1. The van der Waals surface area contributed by atoms with Gasteiger partial charge < -0.3 is 9.47 Å². The van der Waals surface area contributed by atoms with E-state index in [4.69, 9.17) is 9.47 Å². The monoisotopic (exact) mass is 253 g/mol. The molecule has 0 bridgehead atoms. The normalized spacial score (nSPS) is 9.67. The van der Waals surface area contributed by atoms with Gasteiger partial charge in [0, 0.05) is 17.7 Å². The Labute approximate surface area is 102 Å². The van der Waals surface area contributed by atoms with Gasteiger partial charge in [0.25, 0.3) is 0 Å². The number of nitro groups is 1. The molecule has 7 nitrogen and oxygen atoms in total. The first kappa shape index (κ1) is 13.6. The Morgan fingerprint density at radius 1 is 1.50 bits per heavy atom. The third-order valence-corrected chi connectivity index (χ3v) is 2.17. The molecule has 0 amide bonds. The summed E-state index contributed by atoms with van der Waals surface area (Å²) in [5.74, 6) is -0.832. The molecule has 0 radical (unpaired) electrons. The molecule has 0 fully saturated rings. The molecule has 18 heavy (non-hydrogen) atoms. The molecule has 0 heterocycles. The molecule has 0 aliphatic carbocycles. The van der Waals surface area contributed by atoms with E-state index in [-0.39, 0.29) is 29.2 Å². The lowest BCUT2D eigenvalue weighted by Crippen LogP contribution is -2.09. The highest BCUT2D eigenvalue weighted by molar-refractivity contribution is 5.99. The maximum absolute atomic E-state index is 11.6. The third kappa shape index (κ3) is 2.62. The smallest absolute Gasteiger partial charge is 0.338 e. The Balaban J connectivity index is 3.39. The van der Waals surface area contributed by atoms with Crippen LogP contribution in [0.15, 0.2) is 12.1 Å². The van der Waals surface area contributed by atoms with Gasteiger partial charge in [0.05, 0.1) is 24.2 Å². The van der Waals surface area contributed by atoms with Crippen molar-refractivity contribution in [3.63, 3.8) is 0 Å². The van der Waals surface area contributed by atoms with Crippen molar-refractivity contribution in [2.24, 2.45) is 0 Å². The molecule has 0 aromatic heterocycles. The van der Waals surface area contributed by atoms with Crippen molar-refractivity contribution in [2.45, 2.75) is 6.92 Å². The molecule has 0 saturated carbocycles. The molecular weight excluding hydrogens is 242 g/mol. The number of hydrogen-bond donors (Lipinski definition) is 0. The molecule has 1 rings (SSSR count). The summed E-state index contributed by atoms with van der Waals surface area (Å²) in [5.41, 5.74) is -0.553. The molecule has 0 spiro atoms. The minimum atomic E-state index is -0.729. The maximum Gasteiger partial charge on any atom is 0.338 e. The van der Waals surface area contributed by atoms with E-state index >= 15 is 0 Å². The van der Waals surface area contributed by atoms with Crippen LogP contribution in [-0.4, -0.2) is 30.9 Å². The van der Waals surface area contributed by atoms with E-state index in [1.54, 1.807) is 6.92 Å². The highest BCUT2D eigenvalue weighted by Crippen LogP contribution is 2.30. The predicted octanol–water partition coefficient (Wildman–Crippen LogP) is 1.59. The molecule has 0 aliphatic heterocycles. The Hall–Kier alpha value is -2.44. The van der Waals surface area contributed by atoms with Gasteiger partial charge in [-0.3, -0.25) is 14.9 Å². The van der Waals surface area contributed by atoms with Crippen molar-refractivity contribution in [3.8, 4) is 5.75 Å². The fourth-order valence-corrected chi connectivity index (χ4v) is 1.37. The van der Waals surface area contributed by atoms with Crippen molar-refractivity contribution in [1.82, 2.24) is 0 Å². The van der Waals surface area contributed by atoms with Gasteiger partial charge in [-0.2, -0.15) is 0 Å². The molecule has 0 unspecified atom stereocenters. The summed E-state index contributed by atoms with van der Waals surface area (Å²) in [6, 6.07) is 2.11. The van der Waals surface area contributed by atoms with Gasteiger partial charge in [-0.05, 0) is 6.92 Å². The summed E-state index contributed by atoms with van der Waals surface area (Å²) in [6.07, 6.45) is 0.360. The van der Waals surface area contributed by atoms with Crippen LogP contribution in [0.25, 0.3) is 0 Å². The second-order valence-electron chi connectivity index (χ2n) is 3.21. The molecule has 0 N–H and O–H groups in total. The number of benzene rings is 1. The van der Waals surface area contributed by atoms with Crippen molar-refractivity contribution in [2.75, 3.05) is 13.7 Å². The van der Waals surface area contributed by atoms with E-state index in [9.17, 15) is 19.7 Å². The van der Waals surface area contributed by atoms with Gasteiger partial charge >= 0.3 is 11.7 Å². The Bertz CT molecular complexity index is 497. The van der Waals surface area contributed by atoms with Gasteiger partial charge in [0.15, 0.2) is 12.0 Å². The summed E-state index contributed by atoms with van der Waals surface area (Å²) in [7, 11) is 1.23. The minimum absolute atomic E-state index is 0.0608. The fraction of sp³-hybridized carbons (Fsp3) is 0.273. The molecule has 0 saturated heterocycles. The first-order valence-electron chi connectivity index (χ1n) is 5.03. The lowest BCUT2D eigenvalue weighted by molar-refractivity contribution is -0.385. The standard InChI is InChI=1S/C11H11NO6/c1-3-18-11(14)8-5-10(17-2)9(12(15)16)4-7(8)6-13/h4-6H,3H2,1-2H3. The van der Waals surface area contributed by atoms with Crippen molar-refractivity contribution < 1.29 is 24.0 Å². The van der Waals surface area contributed by atoms with Gasteiger partial charge in [-0.25, -0.2) is 4.79 Å². The molecule has 1 aromatic rings. The maximum atomic E-state index is 11.6. The molecule has 0 aliphatic rings. The van der Waals surface area contributed by atoms with E-state index in [1.807, 2.05) is 0 Å². The Morgan fingerprint density at radius 3 is 2.61 bits per heavy atom. The highest BCUT2D eigenvalue weighted by atomic mass is 16.6. The zero-order chi connectivity index (χ0) is 13.7. The van der Waals surface area contributed by atoms with Crippen molar-refractivity contribution >= 4 is 17.9 Å². The van der Waals surface area contributed by atoms with Crippen LogP contribution in [0.5, 0.6) is 5.75 Å². The van der Waals surface area contributed by atoms with Gasteiger partial charge in [0.1, 0.15) is 0 Å². The van der Waals surface area contributed by atoms with E-state index in [2.05, 4.69) is 0 Å². The summed E-state index contributed by atoms with van der Waals surface area (Å²) in [5, 5.41) is 10.7. The number of carbonyl (C=O) groups excluding carboxylic acids is 2. The van der Waals surface area contributed by atoms with Crippen LogP contribution in [0.2, 0.25) is 0 Å². The van der Waals surface area contributed by atoms with E-state index in [0.717, 1.165) is 12.1 Å². The highest BCUT2D eigenvalue weighted by Gasteiger charge is 2.22. The van der Waals surface area contributed by atoms with Crippen molar-refractivity contribution in [3.05, 3.63) is 33.4 Å². The molecule has 96 valence electrons. The van der Waals surface area contributed by atoms with Crippen molar-refractivity contribution in [1.29, 1.82) is 0 Å². The van der Waals surface area contributed by atoms with Crippen LogP contribution in [0.4, 0.5) is 5.69 Å². The number of hydrogen-bond acceptors (Lipinski definition) is 6. The quantitative estimate of drug-likeness (QED) is 0.342. The Morgan fingerprint density at radius 2 is 2.17 bits per heavy atom. The van der Waals surface area contributed by atoms with Crippen LogP contribution in [-0.2, 0) is 4.74 Å². The molecular formula is C11H11NO6. The molecule has 7 heteroatoms. The van der Waals surface area contributed by atoms with Crippen LogP contribution in [0.3, 0.4) is 0 Å². The number of esters is 1. The number of ether oxygens (including phenoxy) is 2. The zero-order valence-electron chi connectivity index (χ0n) is 9.84. The number of rotatable bonds is 5. The number of nitrogens with zero attached hydrogens (tertiary/aromatic N) is 1. The SMILES string of the molecule is CCOC(=O)c1cc(OC)c([N+](=O)[O-])cc1C=O. The first-order valence-corrected chi connectivity index (χ1v) is 5.03. The minimum Gasteiger partial charge on any atom is -0.490 e. The summed E-state index contributed by atoms with van der Waals surface area (Å²) < 4.78 is 9.56. The zero-order valence-corrected chi connectivity index (χ0v) is 9.84. The first-order chi connectivity index (χ1) is 8.54. The number of aldehydes is 1. The molecule has 0 atom stereocenters. The summed E-state index contributed by atoms with van der Waals surface area (Å²) in [6.45, 7) is 1.75.